The molecule has 0 radical (unpaired) electrons. The van der Waals surface area contributed by atoms with Crippen molar-refractivity contribution >= 4 is 11.8 Å². The molecule has 1 aliphatic heterocycles. The Balaban J connectivity index is 2.12. The van der Waals surface area contributed by atoms with Crippen LogP contribution in [0.25, 0.3) is 0 Å². The van der Waals surface area contributed by atoms with Crippen LogP contribution in [0.2, 0.25) is 0 Å². The zero-order valence-corrected chi connectivity index (χ0v) is 11.2. The first-order chi connectivity index (χ1) is 7.62. The van der Waals surface area contributed by atoms with Gasteiger partial charge in [-0.05, 0) is 39.5 Å². The van der Waals surface area contributed by atoms with E-state index in [1.807, 2.05) is 24.3 Å². The fraction of sp³-hybridized carbons (Fsp3) is 0.750. The third kappa shape index (κ3) is 2.61. The highest BCUT2D eigenvalue weighted by Crippen LogP contribution is 2.27. The molecular formula is C12H21N3S. The molecule has 2 heterocycles. The Morgan fingerprint density at radius 1 is 1.62 bits per heavy atom. The topological polar surface area (TPSA) is 29.9 Å². The summed E-state index contributed by atoms with van der Waals surface area (Å²) in [7, 11) is 0. The summed E-state index contributed by atoms with van der Waals surface area (Å²) in [5, 5.41) is 3.54. The third-order valence-corrected chi connectivity index (χ3v) is 4.50. The number of imidazole rings is 1. The number of nitrogens with one attached hydrogen (secondary N) is 1. The number of hydrogen-bond donors (Lipinski definition) is 1. The molecule has 16 heavy (non-hydrogen) atoms. The van der Waals surface area contributed by atoms with Crippen LogP contribution < -0.4 is 5.32 Å². The largest absolute Gasteiger partial charge is 0.332 e. The van der Waals surface area contributed by atoms with Crippen molar-refractivity contribution in [2.75, 3.05) is 12.8 Å². The Labute approximate surface area is 102 Å². The Hall–Kier alpha value is -0.480. The Kier molecular flexibility index (Phi) is 3.60. The van der Waals surface area contributed by atoms with Crippen LogP contribution in [0.3, 0.4) is 0 Å². The average molecular weight is 239 g/mol. The molecule has 1 aromatic rings. The first-order valence-corrected chi connectivity index (χ1v) is 7.13. The monoisotopic (exact) mass is 239 g/mol. The van der Waals surface area contributed by atoms with Crippen molar-refractivity contribution in [3.63, 3.8) is 0 Å². The summed E-state index contributed by atoms with van der Waals surface area (Å²) in [6.45, 7) is 6.73. The Morgan fingerprint density at radius 3 is 3.06 bits per heavy atom. The number of hydrogen-bond acceptors (Lipinski definition) is 3. The number of thioether (sulfide) groups is 1. The third-order valence-electron chi connectivity index (χ3n) is 3.27. The predicted molar refractivity (Wildman–Crippen MR) is 69.8 cm³/mol. The number of nitrogens with zero attached hydrogens (tertiary/aromatic N) is 2. The second-order valence-electron chi connectivity index (χ2n) is 5.06. The second kappa shape index (κ2) is 4.80. The van der Waals surface area contributed by atoms with E-state index in [4.69, 9.17) is 0 Å². The standard InChI is InChI=1S/C12H21N3S/c1-12(2,16-3)8-15-9-13-7-11(15)10-5-4-6-14-10/h7,9-10,14H,4-6,8H2,1-3H3. The van der Waals surface area contributed by atoms with E-state index >= 15 is 0 Å². The molecule has 1 unspecified atom stereocenters. The maximum atomic E-state index is 4.30. The molecule has 0 bridgehead atoms. The minimum absolute atomic E-state index is 0.272. The molecule has 1 atom stereocenters. The highest BCUT2D eigenvalue weighted by Gasteiger charge is 2.23. The normalized spacial score (nSPS) is 21.6. The smallest absolute Gasteiger partial charge is 0.0949 e. The summed E-state index contributed by atoms with van der Waals surface area (Å²) < 4.78 is 2.58. The molecule has 4 heteroatoms. The molecule has 0 spiro atoms. The molecule has 0 aromatic carbocycles. The van der Waals surface area contributed by atoms with Crippen LogP contribution in [0.15, 0.2) is 12.5 Å². The molecule has 1 aromatic heterocycles. The van der Waals surface area contributed by atoms with Gasteiger partial charge in [0.1, 0.15) is 0 Å². The van der Waals surface area contributed by atoms with Gasteiger partial charge in [0.25, 0.3) is 0 Å². The zero-order valence-electron chi connectivity index (χ0n) is 10.4. The van der Waals surface area contributed by atoms with E-state index < -0.39 is 0 Å². The number of rotatable bonds is 4. The predicted octanol–water partition coefficient (Wildman–Crippen LogP) is 2.45. The first kappa shape index (κ1) is 12.0. The van der Waals surface area contributed by atoms with Gasteiger partial charge in [0.15, 0.2) is 0 Å². The van der Waals surface area contributed by atoms with E-state index in [0.29, 0.717) is 6.04 Å². The van der Waals surface area contributed by atoms with E-state index in [1.54, 1.807) is 0 Å². The maximum Gasteiger partial charge on any atom is 0.0949 e. The van der Waals surface area contributed by atoms with Crippen LogP contribution >= 0.6 is 11.8 Å². The molecule has 0 saturated carbocycles. The van der Waals surface area contributed by atoms with Gasteiger partial charge >= 0.3 is 0 Å². The summed E-state index contributed by atoms with van der Waals surface area (Å²) in [5.41, 5.74) is 1.35. The highest BCUT2D eigenvalue weighted by molar-refractivity contribution is 7.99. The van der Waals surface area contributed by atoms with Crippen LogP contribution in [0.1, 0.15) is 38.4 Å². The minimum atomic E-state index is 0.272. The molecule has 1 fully saturated rings. The maximum absolute atomic E-state index is 4.30. The van der Waals surface area contributed by atoms with Crippen LogP contribution in [0.4, 0.5) is 0 Å². The molecule has 1 N–H and O–H groups in total. The van der Waals surface area contributed by atoms with Crippen molar-refractivity contribution in [1.29, 1.82) is 0 Å². The van der Waals surface area contributed by atoms with Crippen molar-refractivity contribution in [2.24, 2.45) is 0 Å². The summed E-state index contributed by atoms with van der Waals surface area (Å²) in [5.74, 6) is 0. The van der Waals surface area contributed by atoms with Gasteiger partial charge in [-0.1, -0.05) is 0 Å². The van der Waals surface area contributed by atoms with Gasteiger partial charge in [-0.15, -0.1) is 0 Å². The summed E-state index contributed by atoms with van der Waals surface area (Å²) in [6, 6.07) is 0.514. The van der Waals surface area contributed by atoms with Crippen molar-refractivity contribution < 1.29 is 0 Å². The molecule has 0 amide bonds. The molecule has 90 valence electrons. The van der Waals surface area contributed by atoms with Crippen molar-refractivity contribution in [1.82, 2.24) is 14.9 Å². The lowest BCUT2D eigenvalue weighted by atomic mass is 10.1. The molecular weight excluding hydrogens is 218 g/mol. The van der Waals surface area contributed by atoms with Gasteiger partial charge in [-0.2, -0.15) is 11.8 Å². The summed E-state index contributed by atoms with van der Waals surface area (Å²) in [6.07, 6.45) is 8.67. The van der Waals surface area contributed by atoms with Gasteiger partial charge < -0.3 is 9.88 Å². The van der Waals surface area contributed by atoms with Crippen LogP contribution in [0, 0.1) is 0 Å². The minimum Gasteiger partial charge on any atom is -0.332 e. The van der Waals surface area contributed by atoms with Crippen LogP contribution in [-0.2, 0) is 6.54 Å². The summed E-state index contributed by atoms with van der Waals surface area (Å²) in [4.78, 5) is 4.30. The lowest BCUT2D eigenvalue weighted by molar-refractivity contribution is 0.513. The van der Waals surface area contributed by atoms with Crippen molar-refractivity contribution in [2.45, 2.75) is 44.0 Å². The van der Waals surface area contributed by atoms with Gasteiger partial charge in [0.2, 0.25) is 0 Å². The Bertz CT molecular complexity index is 340. The van der Waals surface area contributed by atoms with Gasteiger partial charge in [0.05, 0.1) is 12.0 Å². The molecule has 2 rings (SSSR count). The van der Waals surface area contributed by atoms with Gasteiger partial charge in [-0.25, -0.2) is 4.98 Å². The van der Waals surface area contributed by atoms with E-state index in [-0.39, 0.29) is 4.75 Å². The van der Waals surface area contributed by atoms with Crippen molar-refractivity contribution in [3.05, 3.63) is 18.2 Å². The van der Waals surface area contributed by atoms with Crippen LogP contribution in [-0.4, -0.2) is 27.1 Å². The lowest BCUT2D eigenvalue weighted by Crippen LogP contribution is -2.25. The van der Waals surface area contributed by atoms with Gasteiger partial charge in [0, 0.05) is 23.5 Å². The highest BCUT2D eigenvalue weighted by atomic mass is 32.2. The molecule has 1 aliphatic rings. The molecule has 3 nitrogen and oxygen atoms in total. The number of aromatic nitrogens is 2. The van der Waals surface area contributed by atoms with E-state index in [2.05, 4.69) is 35.0 Å². The SMILES string of the molecule is CSC(C)(C)Cn1cncc1C1CCCN1. The van der Waals surface area contributed by atoms with Crippen molar-refractivity contribution in [3.8, 4) is 0 Å². The lowest BCUT2D eigenvalue weighted by Gasteiger charge is -2.24. The molecule has 1 saturated heterocycles. The average Bonchev–Trinajstić information content (AvgIpc) is 2.86. The fourth-order valence-electron chi connectivity index (χ4n) is 2.17. The van der Waals surface area contributed by atoms with E-state index in [9.17, 15) is 0 Å². The zero-order chi connectivity index (χ0) is 11.6. The first-order valence-electron chi connectivity index (χ1n) is 5.91. The Morgan fingerprint density at radius 2 is 2.44 bits per heavy atom. The van der Waals surface area contributed by atoms with E-state index in [1.165, 1.54) is 18.5 Å². The summed E-state index contributed by atoms with van der Waals surface area (Å²) >= 11 is 1.91. The molecule has 0 aliphatic carbocycles. The van der Waals surface area contributed by atoms with E-state index in [0.717, 1.165) is 13.1 Å². The van der Waals surface area contributed by atoms with Gasteiger partial charge in [-0.3, -0.25) is 0 Å². The quantitative estimate of drug-likeness (QED) is 0.875. The van der Waals surface area contributed by atoms with Crippen LogP contribution in [0.5, 0.6) is 0 Å². The second-order valence-corrected chi connectivity index (χ2v) is 6.57. The fourth-order valence-corrected chi connectivity index (χ4v) is 2.43.